The van der Waals surface area contributed by atoms with Gasteiger partial charge in [0.15, 0.2) is 0 Å². The molecule has 0 aromatic carbocycles. The summed E-state index contributed by atoms with van der Waals surface area (Å²) >= 11 is 3.32. The lowest BCUT2D eigenvalue weighted by atomic mass is 9.90. The van der Waals surface area contributed by atoms with E-state index in [9.17, 15) is 4.79 Å². The maximum atomic E-state index is 12.6. The Balaban J connectivity index is 1.82. The normalized spacial score (nSPS) is 26.9. The molecule has 1 aromatic heterocycles. The standard InChI is InChI=1S/C14H17BrN2O2/c15-13-9-10(5-6-16-13)14(18)17-7-8-19-12-4-2-1-3-11(12)17/h5-6,9,11-12H,1-4,7-8H2. The summed E-state index contributed by atoms with van der Waals surface area (Å²) in [6.07, 6.45) is 6.43. The first-order chi connectivity index (χ1) is 9.25. The monoisotopic (exact) mass is 324 g/mol. The minimum Gasteiger partial charge on any atom is -0.374 e. The Hall–Kier alpha value is -0.940. The first-order valence-electron chi connectivity index (χ1n) is 6.80. The van der Waals surface area contributed by atoms with Gasteiger partial charge in [-0.15, -0.1) is 0 Å². The van der Waals surface area contributed by atoms with Crippen molar-refractivity contribution in [2.75, 3.05) is 13.2 Å². The summed E-state index contributed by atoms with van der Waals surface area (Å²) in [7, 11) is 0. The van der Waals surface area contributed by atoms with Crippen LogP contribution in [0.4, 0.5) is 0 Å². The number of carbonyl (C=O) groups is 1. The molecule has 19 heavy (non-hydrogen) atoms. The molecular formula is C14H17BrN2O2. The molecule has 1 aliphatic carbocycles. The van der Waals surface area contributed by atoms with Gasteiger partial charge in [-0.2, -0.15) is 0 Å². The minimum atomic E-state index is 0.100. The molecule has 3 rings (SSSR count). The summed E-state index contributed by atoms with van der Waals surface area (Å²) in [5.74, 6) is 0.100. The highest BCUT2D eigenvalue weighted by Gasteiger charge is 2.36. The van der Waals surface area contributed by atoms with Crippen LogP contribution in [-0.2, 0) is 4.74 Å². The molecule has 0 spiro atoms. The molecule has 102 valence electrons. The Bertz CT molecular complexity index is 478. The summed E-state index contributed by atoms with van der Waals surface area (Å²) in [6.45, 7) is 1.35. The highest BCUT2D eigenvalue weighted by atomic mass is 79.9. The van der Waals surface area contributed by atoms with E-state index in [-0.39, 0.29) is 18.1 Å². The number of halogens is 1. The first-order valence-corrected chi connectivity index (χ1v) is 7.59. The zero-order valence-electron chi connectivity index (χ0n) is 10.7. The van der Waals surface area contributed by atoms with Gasteiger partial charge in [0, 0.05) is 18.3 Å². The first kappa shape index (κ1) is 13.1. The maximum absolute atomic E-state index is 12.6. The van der Waals surface area contributed by atoms with Crippen molar-refractivity contribution in [3.05, 3.63) is 28.5 Å². The van der Waals surface area contributed by atoms with Gasteiger partial charge in [-0.1, -0.05) is 12.8 Å². The smallest absolute Gasteiger partial charge is 0.254 e. The van der Waals surface area contributed by atoms with Crippen molar-refractivity contribution in [3.8, 4) is 0 Å². The molecule has 1 saturated heterocycles. The third kappa shape index (κ3) is 2.67. The van der Waals surface area contributed by atoms with Gasteiger partial charge >= 0.3 is 0 Å². The predicted octanol–water partition coefficient (Wildman–Crippen LogP) is 2.63. The lowest BCUT2D eigenvalue weighted by Crippen LogP contribution is -2.54. The van der Waals surface area contributed by atoms with E-state index in [0.717, 1.165) is 12.8 Å². The van der Waals surface area contributed by atoms with Gasteiger partial charge < -0.3 is 9.64 Å². The van der Waals surface area contributed by atoms with Crippen molar-refractivity contribution >= 4 is 21.8 Å². The molecule has 1 saturated carbocycles. The van der Waals surface area contributed by atoms with E-state index in [4.69, 9.17) is 4.74 Å². The average Bonchev–Trinajstić information content (AvgIpc) is 2.46. The van der Waals surface area contributed by atoms with Crippen LogP contribution in [0.5, 0.6) is 0 Å². The van der Waals surface area contributed by atoms with Crippen molar-refractivity contribution in [2.45, 2.75) is 37.8 Å². The average molecular weight is 325 g/mol. The minimum absolute atomic E-state index is 0.100. The Labute approximate surface area is 121 Å². The molecule has 2 heterocycles. The van der Waals surface area contributed by atoms with Crippen molar-refractivity contribution in [3.63, 3.8) is 0 Å². The van der Waals surface area contributed by atoms with Crippen LogP contribution < -0.4 is 0 Å². The third-order valence-electron chi connectivity index (χ3n) is 3.97. The molecule has 0 N–H and O–H groups in total. The maximum Gasteiger partial charge on any atom is 0.254 e. The van der Waals surface area contributed by atoms with E-state index in [0.29, 0.717) is 23.3 Å². The van der Waals surface area contributed by atoms with Gasteiger partial charge in [-0.25, -0.2) is 4.98 Å². The summed E-state index contributed by atoms with van der Waals surface area (Å²) < 4.78 is 6.51. The van der Waals surface area contributed by atoms with Crippen LogP contribution in [0.2, 0.25) is 0 Å². The molecule has 5 heteroatoms. The number of carbonyl (C=O) groups excluding carboxylic acids is 1. The Morgan fingerprint density at radius 1 is 1.42 bits per heavy atom. The molecular weight excluding hydrogens is 308 g/mol. The summed E-state index contributed by atoms with van der Waals surface area (Å²) in [5, 5.41) is 0. The van der Waals surface area contributed by atoms with E-state index >= 15 is 0 Å². The number of fused-ring (bicyclic) bond motifs is 1. The van der Waals surface area contributed by atoms with Crippen molar-refractivity contribution in [1.29, 1.82) is 0 Å². The second kappa shape index (κ2) is 5.59. The number of rotatable bonds is 1. The Morgan fingerprint density at radius 2 is 2.26 bits per heavy atom. The van der Waals surface area contributed by atoms with Gasteiger partial charge in [0.1, 0.15) is 4.60 Å². The van der Waals surface area contributed by atoms with Gasteiger partial charge in [0.05, 0.1) is 18.8 Å². The topological polar surface area (TPSA) is 42.4 Å². The van der Waals surface area contributed by atoms with Crippen LogP contribution in [0.25, 0.3) is 0 Å². The Kier molecular flexibility index (Phi) is 3.84. The number of hydrogen-bond donors (Lipinski definition) is 0. The quantitative estimate of drug-likeness (QED) is 0.746. The molecule has 2 fully saturated rings. The Morgan fingerprint density at radius 3 is 3.11 bits per heavy atom. The molecule has 1 amide bonds. The fourth-order valence-electron chi connectivity index (χ4n) is 3.05. The molecule has 0 bridgehead atoms. The fourth-order valence-corrected chi connectivity index (χ4v) is 3.41. The molecule has 1 aromatic rings. The number of hydrogen-bond acceptors (Lipinski definition) is 3. The second-order valence-electron chi connectivity index (χ2n) is 5.13. The van der Waals surface area contributed by atoms with Crippen LogP contribution in [0.15, 0.2) is 22.9 Å². The van der Waals surface area contributed by atoms with E-state index in [1.165, 1.54) is 12.8 Å². The molecule has 2 aliphatic rings. The van der Waals surface area contributed by atoms with E-state index in [2.05, 4.69) is 20.9 Å². The third-order valence-corrected chi connectivity index (χ3v) is 4.40. The van der Waals surface area contributed by atoms with Crippen LogP contribution in [0.3, 0.4) is 0 Å². The molecule has 1 aliphatic heterocycles. The van der Waals surface area contributed by atoms with Crippen LogP contribution >= 0.6 is 15.9 Å². The largest absolute Gasteiger partial charge is 0.374 e. The van der Waals surface area contributed by atoms with E-state index in [1.807, 2.05) is 4.90 Å². The van der Waals surface area contributed by atoms with Crippen LogP contribution in [0.1, 0.15) is 36.0 Å². The predicted molar refractivity (Wildman–Crippen MR) is 75.0 cm³/mol. The number of nitrogens with zero attached hydrogens (tertiary/aromatic N) is 2. The molecule has 4 nitrogen and oxygen atoms in total. The van der Waals surface area contributed by atoms with Gasteiger partial charge in [-0.05, 0) is 40.9 Å². The fraction of sp³-hybridized carbons (Fsp3) is 0.571. The van der Waals surface area contributed by atoms with Crippen molar-refractivity contribution in [2.24, 2.45) is 0 Å². The number of amides is 1. The lowest BCUT2D eigenvalue weighted by Gasteiger charge is -2.43. The van der Waals surface area contributed by atoms with Crippen LogP contribution in [-0.4, -0.2) is 41.1 Å². The summed E-state index contributed by atoms with van der Waals surface area (Å²) in [6, 6.07) is 3.82. The number of pyridine rings is 1. The molecule has 0 radical (unpaired) electrons. The number of morpholine rings is 1. The van der Waals surface area contributed by atoms with Crippen molar-refractivity contribution in [1.82, 2.24) is 9.88 Å². The van der Waals surface area contributed by atoms with E-state index in [1.54, 1.807) is 18.3 Å². The highest BCUT2D eigenvalue weighted by molar-refractivity contribution is 9.10. The van der Waals surface area contributed by atoms with Crippen molar-refractivity contribution < 1.29 is 9.53 Å². The lowest BCUT2D eigenvalue weighted by molar-refractivity contribution is -0.0752. The second-order valence-corrected chi connectivity index (χ2v) is 5.94. The van der Waals surface area contributed by atoms with Crippen LogP contribution in [0, 0.1) is 0 Å². The van der Waals surface area contributed by atoms with E-state index < -0.39 is 0 Å². The molecule has 2 unspecified atom stereocenters. The number of aromatic nitrogens is 1. The van der Waals surface area contributed by atoms with Gasteiger partial charge in [-0.3, -0.25) is 4.79 Å². The zero-order chi connectivity index (χ0) is 13.2. The zero-order valence-corrected chi connectivity index (χ0v) is 12.3. The number of ether oxygens (including phenoxy) is 1. The summed E-state index contributed by atoms with van der Waals surface area (Å²) in [4.78, 5) is 18.7. The highest BCUT2D eigenvalue weighted by Crippen LogP contribution is 2.29. The summed E-state index contributed by atoms with van der Waals surface area (Å²) in [5.41, 5.74) is 0.702. The molecule has 2 atom stereocenters. The van der Waals surface area contributed by atoms with Gasteiger partial charge in [0.2, 0.25) is 0 Å². The van der Waals surface area contributed by atoms with Gasteiger partial charge in [0.25, 0.3) is 5.91 Å². The SMILES string of the molecule is O=C(c1ccnc(Br)c1)N1CCOC2CCCCC21.